The normalized spacial score (nSPS) is 10.7. The first-order valence-corrected chi connectivity index (χ1v) is 9.49. The Hall–Kier alpha value is -2.12. The van der Waals surface area contributed by atoms with Gasteiger partial charge in [0.15, 0.2) is 0 Å². The van der Waals surface area contributed by atoms with E-state index in [1.165, 1.54) is 6.42 Å². The van der Waals surface area contributed by atoms with E-state index in [2.05, 4.69) is 11.0 Å². The molecule has 0 atom stereocenters. The molecule has 2 aromatic carbocycles. The SMILES string of the molecule is ONCc1ccc(OCCCCCCCOc2ccc(CNO)cc2)cc1. The number of hydrogen-bond acceptors (Lipinski definition) is 6. The van der Waals surface area contributed by atoms with Crippen LogP contribution in [0.25, 0.3) is 0 Å². The second kappa shape index (κ2) is 13.1. The summed E-state index contributed by atoms with van der Waals surface area (Å²) in [6, 6.07) is 15.5. The second-order valence-electron chi connectivity index (χ2n) is 6.42. The first kappa shape index (κ1) is 21.2. The lowest BCUT2D eigenvalue weighted by Crippen LogP contribution is -2.05. The number of hydrogen-bond donors (Lipinski definition) is 4. The molecule has 0 heterocycles. The minimum absolute atomic E-state index is 0.441. The quantitative estimate of drug-likeness (QED) is 0.295. The zero-order valence-corrected chi connectivity index (χ0v) is 15.7. The molecule has 0 unspecified atom stereocenters. The Balaban J connectivity index is 1.45. The molecule has 0 bridgehead atoms. The predicted molar refractivity (Wildman–Crippen MR) is 104 cm³/mol. The minimum Gasteiger partial charge on any atom is -0.494 e. The number of ether oxygens (including phenoxy) is 2. The van der Waals surface area contributed by atoms with E-state index in [1.54, 1.807) is 0 Å². The van der Waals surface area contributed by atoms with Gasteiger partial charge in [-0.25, -0.2) is 11.0 Å². The highest BCUT2D eigenvalue weighted by molar-refractivity contribution is 5.27. The topological polar surface area (TPSA) is 83.0 Å². The number of hydroxylamine groups is 2. The van der Waals surface area contributed by atoms with Crippen LogP contribution in [0.1, 0.15) is 43.2 Å². The van der Waals surface area contributed by atoms with Crippen LogP contribution in [0.5, 0.6) is 11.5 Å². The monoisotopic (exact) mass is 374 g/mol. The summed E-state index contributed by atoms with van der Waals surface area (Å²) in [6.07, 6.45) is 5.56. The van der Waals surface area contributed by atoms with Crippen molar-refractivity contribution in [3.8, 4) is 11.5 Å². The summed E-state index contributed by atoms with van der Waals surface area (Å²) in [5, 5.41) is 17.3. The molecule has 0 saturated carbocycles. The van der Waals surface area contributed by atoms with E-state index in [1.807, 2.05) is 48.5 Å². The maximum Gasteiger partial charge on any atom is 0.119 e. The molecule has 0 aliphatic heterocycles. The second-order valence-corrected chi connectivity index (χ2v) is 6.42. The molecule has 2 rings (SSSR count). The minimum atomic E-state index is 0.441. The van der Waals surface area contributed by atoms with Crippen molar-refractivity contribution in [1.29, 1.82) is 0 Å². The molecular weight excluding hydrogens is 344 g/mol. The highest BCUT2D eigenvalue weighted by atomic mass is 16.5. The van der Waals surface area contributed by atoms with E-state index in [0.29, 0.717) is 13.1 Å². The molecule has 0 amide bonds. The van der Waals surface area contributed by atoms with Gasteiger partial charge in [-0.05, 0) is 48.2 Å². The van der Waals surface area contributed by atoms with E-state index in [-0.39, 0.29) is 0 Å². The third-order valence-corrected chi connectivity index (χ3v) is 4.24. The van der Waals surface area contributed by atoms with Crippen LogP contribution in [-0.4, -0.2) is 23.6 Å². The summed E-state index contributed by atoms with van der Waals surface area (Å²) in [7, 11) is 0. The fraction of sp³-hybridized carbons (Fsp3) is 0.429. The first-order chi connectivity index (χ1) is 13.3. The Bertz CT molecular complexity index is 562. The van der Waals surface area contributed by atoms with Gasteiger partial charge in [-0.1, -0.05) is 43.5 Å². The van der Waals surface area contributed by atoms with Crippen molar-refractivity contribution < 1.29 is 19.9 Å². The zero-order chi connectivity index (χ0) is 19.2. The summed E-state index contributed by atoms with van der Waals surface area (Å²) in [5.41, 5.74) is 6.32. The van der Waals surface area contributed by atoms with Gasteiger partial charge in [0.05, 0.1) is 13.2 Å². The van der Waals surface area contributed by atoms with Crippen LogP contribution in [0.2, 0.25) is 0 Å². The molecule has 4 N–H and O–H groups in total. The van der Waals surface area contributed by atoms with Crippen molar-refractivity contribution >= 4 is 0 Å². The molecule has 0 saturated heterocycles. The van der Waals surface area contributed by atoms with Crippen molar-refractivity contribution in [3.05, 3.63) is 59.7 Å². The molecule has 0 fully saturated rings. The zero-order valence-electron chi connectivity index (χ0n) is 15.7. The Morgan fingerprint density at radius 1 is 0.556 bits per heavy atom. The summed E-state index contributed by atoms with van der Waals surface area (Å²) >= 11 is 0. The van der Waals surface area contributed by atoms with E-state index in [9.17, 15) is 0 Å². The summed E-state index contributed by atoms with van der Waals surface area (Å²) in [5.74, 6) is 1.73. The van der Waals surface area contributed by atoms with E-state index in [0.717, 1.165) is 61.5 Å². The van der Waals surface area contributed by atoms with Crippen molar-refractivity contribution in [2.45, 2.75) is 45.2 Å². The van der Waals surface area contributed by atoms with Gasteiger partial charge in [-0.3, -0.25) is 0 Å². The summed E-state index contributed by atoms with van der Waals surface area (Å²) < 4.78 is 11.4. The number of benzene rings is 2. The van der Waals surface area contributed by atoms with Crippen LogP contribution < -0.4 is 20.4 Å². The predicted octanol–water partition coefficient (Wildman–Crippen LogP) is 4.05. The lowest BCUT2D eigenvalue weighted by molar-refractivity contribution is 0.161. The smallest absolute Gasteiger partial charge is 0.119 e. The fourth-order valence-electron chi connectivity index (χ4n) is 2.70. The standard InChI is InChI=1S/C21H30N2O4/c24-22-16-18-6-10-20(11-7-18)26-14-4-2-1-3-5-15-27-21-12-8-19(9-13-21)17-23-25/h6-13,22-25H,1-5,14-17H2. The van der Waals surface area contributed by atoms with Crippen LogP contribution in [0.4, 0.5) is 0 Å². The van der Waals surface area contributed by atoms with Gasteiger partial charge >= 0.3 is 0 Å². The highest BCUT2D eigenvalue weighted by Gasteiger charge is 1.98. The Kier molecular flexibility index (Phi) is 10.3. The van der Waals surface area contributed by atoms with Crippen LogP contribution in [0.3, 0.4) is 0 Å². The first-order valence-electron chi connectivity index (χ1n) is 9.49. The number of nitrogens with one attached hydrogen (secondary N) is 2. The molecule has 27 heavy (non-hydrogen) atoms. The van der Waals surface area contributed by atoms with Crippen LogP contribution in [0.15, 0.2) is 48.5 Å². The van der Waals surface area contributed by atoms with Crippen molar-refractivity contribution in [2.75, 3.05) is 13.2 Å². The summed E-state index contributed by atoms with van der Waals surface area (Å²) in [6.45, 7) is 2.33. The van der Waals surface area contributed by atoms with E-state index in [4.69, 9.17) is 19.9 Å². The average molecular weight is 374 g/mol. The Morgan fingerprint density at radius 3 is 1.30 bits per heavy atom. The molecule has 2 aromatic rings. The molecule has 0 spiro atoms. The largest absolute Gasteiger partial charge is 0.494 e. The van der Waals surface area contributed by atoms with Gasteiger partial charge in [0, 0.05) is 13.1 Å². The highest BCUT2D eigenvalue weighted by Crippen LogP contribution is 2.14. The number of rotatable bonds is 14. The van der Waals surface area contributed by atoms with Gasteiger partial charge in [0.1, 0.15) is 11.5 Å². The van der Waals surface area contributed by atoms with Crippen LogP contribution >= 0.6 is 0 Å². The molecule has 0 aromatic heterocycles. The lowest BCUT2D eigenvalue weighted by Gasteiger charge is -2.08. The van der Waals surface area contributed by atoms with Crippen molar-refractivity contribution in [2.24, 2.45) is 0 Å². The lowest BCUT2D eigenvalue weighted by atomic mass is 10.1. The van der Waals surface area contributed by atoms with E-state index >= 15 is 0 Å². The van der Waals surface area contributed by atoms with Crippen molar-refractivity contribution in [3.63, 3.8) is 0 Å². The van der Waals surface area contributed by atoms with Crippen LogP contribution in [-0.2, 0) is 13.1 Å². The molecule has 6 nitrogen and oxygen atoms in total. The van der Waals surface area contributed by atoms with Gasteiger partial charge in [-0.15, -0.1) is 0 Å². The van der Waals surface area contributed by atoms with E-state index < -0.39 is 0 Å². The Morgan fingerprint density at radius 2 is 0.926 bits per heavy atom. The molecule has 148 valence electrons. The molecule has 0 aliphatic carbocycles. The number of unbranched alkanes of at least 4 members (excludes halogenated alkanes) is 4. The van der Waals surface area contributed by atoms with Crippen molar-refractivity contribution in [1.82, 2.24) is 11.0 Å². The summed E-state index contributed by atoms with van der Waals surface area (Å²) in [4.78, 5) is 0. The fourth-order valence-corrected chi connectivity index (χ4v) is 2.70. The van der Waals surface area contributed by atoms with Gasteiger partial charge in [-0.2, -0.15) is 0 Å². The van der Waals surface area contributed by atoms with Crippen LogP contribution in [0, 0.1) is 0 Å². The van der Waals surface area contributed by atoms with Gasteiger partial charge < -0.3 is 19.9 Å². The van der Waals surface area contributed by atoms with Gasteiger partial charge in [0.2, 0.25) is 0 Å². The molecular formula is C21H30N2O4. The maximum atomic E-state index is 8.65. The molecule has 6 heteroatoms. The molecule has 0 radical (unpaired) electrons. The average Bonchev–Trinajstić information content (AvgIpc) is 2.69. The third-order valence-electron chi connectivity index (χ3n) is 4.24. The third kappa shape index (κ3) is 8.88. The maximum absolute atomic E-state index is 8.65. The Labute approximate surface area is 161 Å². The molecule has 0 aliphatic rings. The van der Waals surface area contributed by atoms with Gasteiger partial charge in [0.25, 0.3) is 0 Å².